The highest BCUT2D eigenvalue weighted by molar-refractivity contribution is 7.99. The molecule has 4 atom stereocenters. The minimum absolute atomic E-state index is 0.0184. The van der Waals surface area contributed by atoms with E-state index in [1.807, 2.05) is 115 Å². The van der Waals surface area contributed by atoms with Crippen molar-refractivity contribution in [2.24, 2.45) is 5.92 Å². The van der Waals surface area contributed by atoms with Crippen LogP contribution in [0.5, 0.6) is 11.5 Å². The van der Waals surface area contributed by atoms with Gasteiger partial charge >= 0.3 is 6.03 Å². The highest BCUT2D eigenvalue weighted by atomic mass is 32.2. The molecule has 2 amide bonds. The quantitative estimate of drug-likeness (QED) is 0.0651. The van der Waals surface area contributed by atoms with Crippen molar-refractivity contribution in [2.75, 3.05) is 11.1 Å². The van der Waals surface area contributed by atoms with Crippen molar-refractivity contribution in [3.8, 4) is 22.6 Å². The number of benzene rings is 5. The Balaban J connectivity index is 1.02. The van der Waals surface area contributed by atoms with Gasteiger partial charge in [0.25, 0.3) is 5.03 Å². The molecule has 2 heterocycles. The van der Waals surface area contributed by atoms with Gasteiger partial charge in [0.1, 0.15) is 11.5 Å². The number of hydrogen-bond acceptors (Lipinski definition) is 7. The second kappa shape index (κ2) is 17.5. The first-order valence-corrected chi connectivity index (χ1v) is 18.8. The van der Waals surface area contributed by atoms with E-state index in [9.17, 15) is 15.1 Å². The molecule has 0 bridgehead atoms. The topological polar surface area (TPSA) is 116 Å². The van der Waals surface area contributed by atoms with Gasteiger partial charge in [-0.1, -0.05) is 97.5 Å². The van der Waals surface area contributed by atoms with Crippen molar-refractivity contribution in [3.05, 3.63) is 179 Å². The minimum Gasteiger partial charge on any atom is -0.618 e. The lowest BCUT2D eigenvalue weighted by Crippen LogP contribution is -2.39. The van der Waals surface area contributed by atoms with Crippen LogP contribution in [0.4, 0.5) is 10.5 Å². The number of carbonyl (C=O) groups excluding carboxylic acids is 1. The zero-order valence-electron chi connectivity index (χ0n) is 29.7. The Morgan fingerprint density at radius 3 is 2.26 bits per heavy atom. The predicted molar refractivity (Wildman–Crippen MR) is 210 cm³/mol. The van der Waals surface area contributed by atoms with Gasteiger partial charge in [0.2, 0.25) is 0 Å². The number of aromatic nitrogens is 1. The van der Waals surface area contributed by atoms with Crippen molar-refractivity contribution in [1.29, 1.82) is 0 Å². The number of anilines is 1. The number of aliphatic hydroxyl groups excluding tert-OH is 1. The van der Waals surface area contributed by atoms with Crippen LogP contribution < -0.4 is 20.1 Å². The molecule has 0 aliphatic carbocycles. The Hall–Kier alpha value is -5.65. The average molecular weight is 740 g/mol. The van der Waals surface area contributed by atoms with E-state index in [0.717, 1.165) is 43.9 Å². The monoisotopic (exact) mass is 739 g/mol. The SMILES string of the molecule is CC1C(CSc2cccc[n+]2[O-])OC(c2cccc(-c3cccc(CNC(=O)Nc4ccc(Oc5ccccc5)cc4)c3)c2)OC1c1ccc(CO)cc1. The molecule has 4 unspecified atom stereocenters. The molecule has 274 valence electrons. The number of nitrogens with zero attached hydrogens (tertiary/aromatic N) is 1. The molecule has 6 aromatic rings. The van der Waals surface area contributed by atoms with Gasteiger partial charge in [0, 0.05) is 41.6 Å². The number of pyridine rings is 1. The molecular formula is C44H41N3O6S. The van der Waals surface area contributed by atoms with E-state index in [2.05, 4.69) is 29.7 Å². The summed E-state index contributed by atoms with van der Waals surface area (Å²) < 4.78 is 20.1. The van der Waals surface area contributed by atoms with E-state index in [1.165, 1.54) is 18.0 Å². The number of aliphatic hydroxyl groups is 1. The number of nitrogens with one attached hydrogen (secondary N) is 2. The maximum Gasteiger partial charge on any atom is 0.319 e. The van der Waals surface area contributed by atoms with Crippen LogP contribution in [0.1, 0.15) is 41.6 Å². The number of hydrogen-bond donors (Lipinski definition) is 3. The Kier molecular flexibility index (Phi) is 11.9. The van der Waals surface area contributed by atoms with Crippen molar-refractivity contribution in [3.63, 3.8) is 0 Å². The number of carbonyl (C=O) groups is 1. The molecule has 1 aliphatic rings. The minimum atomic E-state index is -0.656. The van der Waals surface area contributed by atoms with E-state index < -0.39 is 6.29 Å². The fourth-order valence-electron chi connectivity index (χ4n) is 6.32. The summed E-state index contributed by atoms with van der Waals surface area (Å²) in [4.78, 5) is 12.8. The van der Waals surface area contributed by atoms with E-state index in [4.69, 9.17) is 14.2 Å². The van der Waals surface area contributed by atoms with Crippen molar-refractivity contribution in [1.82, 2.24) is 5.32 Å². The van der Waals surface area contributed by atoms with Crippen LogP contribution in [0.25, 0.3) is 11.1 Å². The zero-order valence-corrected chi connectivity index (χ0v) is 30.5. The van der Waals surface area contributed by atoms with Crippen LogP contribution in [0.2, 0.25) is 0 Å². The van der Waals surface area contributed by atoms with Gasteiger partial charge in [-0.15, -0.1) is 0 Å². The third-order valence-corrected chi connectivity index (χ3v) is 10.4. The van der Waals surface area contributed by atoms with Crippen molar-refractivity contribution in [2.45, 2.75) is 43.6 Å². The van der Waals surface area contributed by atoms with Gasteiger partial charge < -0.3 is 35.2 Å². The highest BCUT2D eigenvalue weighted by Gasteiger charge is 2.38. The molecule has 0 spiro atoms. The van der Waals surface area contributed by atoms with Gasteiger partial charge in [0.05, 0.1) is 18.8 Å². The molecule has 1 fully saturated rings. The van der Waals surface area contributed by atoms with Gasteiger partial charge in [-0.25, -0.2) is 4.79 Å². The second-order valence-corrected chi connectivity index (χ2v) is 14.1. The lowest BCUT2D eigenvalue weighted by Gasteiger charge is -2.41. The molecule has 7 rings (SSSR count). The summed E-state index contributed by atoms with van der Waals surface area (Å²) in [6.07, 6.45) is 0.347. The highest BCUT2D eigenvalue weighted by Crippen LogP contribution is 2.43. The molecular weight excluding hydrogens is 699 g/mol. The second-order valence-electron chi connectivity index (χ2n) is 13.1. The number of thioether (sulfide) groups is 1. The zero-order chi connectivity index (χ0) is 37.3. The fourth-order valence-corrected chi connectivity index (χ4v) is 7.40. The summed E-state index contributed by atoms with van der Waals surface area (Å²) in [5, 5.41) is 28.4. The smallest absolute Gasteiger partial charge is 0.319 e. The van der Waals surface area contributed by atoms with Gasteiger partial charge in [-0.3, -0.25) is 0 Å². The third kappa shape index (κ3) is 9.28. The fraction of sp³-hybridized carbons (Fsp3) is 0.182. The molecule has 0 radical (unpaired) electrons. The molecule has 3 N–H and O–H groups in total. The van der Waals surface area contributed by atoms with E-state index in [1.54, 1.807) is 18.2 Å². The molecule has 54 heavy (non-hydrogen) atoms. The normalized spacial score (nSPS) is 18.1. The largest absolute Gasteiger partial charge is 0.618 e. The summed E-state index contributed by atoms with van der Waals surface area (Å²) in [6, 6.07) is 45.8. The van der Waals surface area contributed by atoms with E-state index >= 15 is 0 Å². The Bertz CT molecular complexity index is 2150. The van der Waals surface area contributed by atoms with Crippen LogP contribution >= 0.6 is 11.8 Å². The molecule has 9 nitrogen and oxygen atoms in total. The number of para-hydroxylation sites is 1. The predicted octanol–water partition coefficient (Wildman–Crippen LogP) is 9.18. The van der Waals surface area contributed by atoms with E-state index in [-0.39, 0.29) is 30.8 Å². The maximum absolute atomic E-state index is 12.8. The van der Waals surface area contributed by atoms with Crippen LogP contribution in [0, 0.1) is 11.1 Å². The molecule has 1 aromatic heterocycles. The summed E-state index contributed by atoms with van der Waals surface area (Å²) in [5.74, 6) is 1.97. The average Bonchev–Trinajstić information content (AvgIpc) is 3.21. The van der Waals surface area contributed by atoms with Crippen molar-refractivity contribution >= 4 is 23.5 Å². The van der Waals surface area contributed by atoms with Gasteiger partial charge in [0.15, 0.2) is 12.5 Å². The van der Waals surface area contributed by atoms with Crippen LogP contribution in [0.3, 0.4) is 0 Å². The Labute approximate surface area is 319 Å². The van der Waals surface area contributed by atoms with Crippen molar-refractivity contribution < 1.29 is 28.8 Å². The lowest BCUT2D eigenvalue weighted by atomic mass is 9.91. The molecule has 10 heteroatoms. The Morgan fingerprint density at radius 1 is 0.778 bits per heavy atom. The number of amides is 2. The first kappa shape index (κ1) is 36.7. The van der Waals surface area contributed by atoms with Crippen LogP contribution in [0.15, 0.2) is 157 Å². The van der Waals surface area contributed by atoms with Crippen LogP contribution in [-0.2, 0) is 22.6 Å². The van der Waals surface area contributed by atoms with E-state index in [0.29, 0.717) is 28.8 Å². The van der Waals surface area contributed by atoms with Crippen LogP contribution in [-0.4, -0.2) is 23.0 Å². The Morgan fingerprint density at radius 2 is 1.50 bits per heavy atom. The standard InChI is InChI=1S/C44H41N3O6S/c1-30-40(29-54-41-15-5-6-24-47(41)50)52-43(53-42(30)33-18-16-31(28-48)17-19-33)36-12-8-11-35(26-36)34-10-7-9-32(25-34)27-45-44(49)46-37-20-22-39(23-21-37)51-38-13-3-2-4-14-38/h2-26,30,40,42-43,48H,27-29H2,1H3,(H2,45,46,49). The maximum atomic E-state index is 12.8. The molecule has 1 aliphatic heterocycles. The summed E-state index contributed by atoms with van der Waals surface area (Å²) in [5.41, 5.74) is 6.26. The number of ether oxygens (including phenoxy) is 3. The van der Waals surface area contributed by atoms with Gasteiger partial charge in [-0.05, 0) is 82.4 Å². The number of rotatable bonds is 12. The summed E-state index contributed by atoms with van der Waals surface area (Å²) in [7, 11) is 0. The molecule has 1 saturated heterocycles. The van der Waals surface area contributed by atoms with Gasteiger partial charge in [-0.2, -0.15) is 4.73 Å². The number of urea groups is 1. The first-order chi connectivity index (χ1) is 26.4. The third-order valence-electron chi connectivity index (χ3n) is 9.27. The summed E-state index contributed by atoms with van der Waals surface area (Å²) in [6.45, 7) is 2.41. The molecule has 0 saturated carbocycles. The first-order valence-electron chi connectivity index (χ1n) is 17.8. The summed E-state index contributed by atoms with van der Waals surface area (Å²) >= 11 is 1.46. The molecule has 5 aromatic carbocycles. The lowest BCUT2D eigenvalue weighted by molar-refractivity contribution is -0.645.